The molecule has 0 unspecified atom stereocenters. The Hall–Kier alpha value is -2.93. The summed E-state index contributed by atoms with van der Waals surface area (Å²) in [6.07, 6.45) is 0.481. The maximum atomic E-state index is 12.5. The molecule has 0 radical (unpaired) electrons. The Morgan fingerprint density at radius 2 is 1.77 bits per heavy atom. The molecule has 156 valence electrons. The van der Waals surface area contributed by atoms with Crippen LogP contribution < -0.4 is 5.32 Å². The van der Waals surface area contributed by atoms with Crippen molar-refractivity contribution in [3.8, 4) is 11.4 Å². The van der Waals surface area contributed by atoms with Crippen LogP contribution in [-0.4, -0.2) is 38.2 Å². The molecule has 0 aliphatic heterocycles. The number of Topliss-reactive ketones (excluding diaryl/α,β-unsaturated/α-hetero) is 1. The molecule has 1 N–H and O–H groups in total. The topological polar surface area (TPSA) is 76.9 Å². The number of nitrogens with zero attached hydrogens (tertiary/aromatic N) is 3. The monoisotopic (exact) mass is 422 g/mol. The Balaban J connectivity index is 1.65. The molecule has 0 fully saturated rings. The smallest absolute Gasteiger partial charge is 0.231 e. The summed E-state index contributed by atoms with van der Waals surface area (Å²) in [6, 6.07) is 17.2. The van der Waals surface area contributed by atoms with Gasteiger partial charge in [0.25, 0.3) is 0 Å². The van der Waals surface area contributed by atoms with E-state index in [9.17, 15) is 9.59 Å². The van der Waals surface area contributed by atoms with E-state index in [-0.39, 0.29) is 17.4 Å². The Labute approximate surface area is 181 Å². The van der Waals surface area contributed by atoms with Gasteiger partial charge in [0.2, 0.25) is 5.91 Å². The molecule has 1 aromatic heterocycles. The number of carbonyl (C=O) groups is 2. The summed E-state index contributed by atoms with van der Waals surface area (Å²) in [6.45, 7) is 6.27. The summed E-state index contributed by atoms with van der Waals surface area (Å²) < 4.78 is 2.01. The molecule has 1 atom stereocenters. The Morgan fingerprint density at radius 3 is 2.43 bits per heavy atom. The van der Waals surface area contributed by atoms with Gasteiger partial charge in [0.15, 0.2) is 16.8 Å². The Morgan fingerprint density at radius 1 is 1.07 bits per heavy atom. The van der Waals surface area contributed by atoms with Crippen LogP contribution in [0, 0.1) is 6.92 Å². The molecule has 0 saturated heterocycles. The first-order valence-corrected chi connectivity index (χ1v) is 10.9. The van der Waals surface area contributed by atoms with Gasteiger partial charge < -0.3 is 9.88 Å². The summed E-state index contributed by atoms with van der Waals surface area (Å²) in [5.74, 6) is 0.712. The fourth-order valence-corrected chi connectivity index (χ4v) is 4.03. The molecule has 6 nitrogen and oxygen atoms in total. The van der Waals surface area contributed by atoms with Crippen LogP contribution in [0.5, 0.6) is 0 Å². The molecule has 2 aromatic carbocycles. The van der Waals surface area contributed by atoms with E-state index in [0.29, 0.717) is 18.1 Å². The van der Waals surface area contributed by atoms with E-state index in [0.717, 1.165) is 22.5 Å². The normalized spacial score (nSPS) is 11.8. The molecule has 0 aliphatic carbocycles. The molecule has 3 aromatic rings. The average molecular weight is 423 g/mol. The summed E-state index contributed by atoms with van der Waals surface area (Å²) in [7, 11) is 0. The van der Waals surface area contributed by atoms with Crippen molar-refractivity contribution in [1.82, 2.24) is 20.1 Å². The second kappa shape index (κ2) is 10.2. The predicted octanol–water partition coefficient (Wildman–Crippen LogP) is 3.68. The van der Waals surface area contributed by atoms with Crippen molar-refractivity contribution < 1.29 is 9.59 Å². The maximum absolute atomic E-state index is 12.5. The lowest BCUT2D eigenvalue weighted by atomic mass is 10.0. The van der Waals surface area contributed by atoms with Gasteiger partial charge in [-0.2, -0.15) is 0 Å². The standard InChI is InChI=1S/C23H26N4O2S/c1-4-27-22(19-13-9-8-10-16(19)2)25-26-23(27)30-15-21(29)24-20(17(3)28)14-18-11-6-5-7-12-18/h5-13,20H,4,14-15H2,1-3H3,(H,24,29)/t20-/m1/s1. The van der Waals surface area contributed by atoms with E-state index in [4.69, 9.17) is 0 Å². The molecule has 1 heterocycles. The zero-order valence-electron chi connectivity index (χ0n) is 17.5. The van der Waals surface area contributed by atoms with Crippen LogP contribution >= 0.6 is 11.8 Å². The highest BCUT2D eigenvalue weighted by atomic mass is 32.2. The van der Waals surface area contributed by atoms with Gasteiger partial charge in [-0.05, 0) is 38.3 Å². The van der Waals surface area contributed by atoms with Gasteiger partial charge in [0.05, 0.1) is 11.8 Å². The number of ketones is 1. The number of rotatable bonds is 9. The second-order valence-corrected chi connectivity index (χ2v) is 8.02. The highest BCUT2D eigenvalue weighted by molar-refractivity contribution is 7.99. The van der Waals surface area contributed by atoms with Crippen molar-refractivity contribution in [2.45, 2.75) is 44.9 Å². The molecule has 0 bridgehead atoms. The largest absolute Gasteiger partial charge is 0.345 e. The summed E-state index contributed by atoms with van der Waals surface area (Å²) in [5.41, 5.74) is 3.17. The third-order valence-corrected chi connectivity index (χ3v) is 5.83. The van der Waals surface area contributed by atoms with Gasteiger partial charge in [0, 0.05) is 12.1 Å². The van der Waals surface area contributed by atoms with E-state index in [1.54, 1.807) is 0 Å². The lowest BCUT2D eigenvalue weighted by Crippen LogP contribution is -2.42. The van der Waals surface area contributed by atoms with Gasteiger partial charge in [-0.1, -0.05) is 66.4 Å². The minimum Gasteiger partial charge on any atom is -0.345 e. The second-order valence-electron chi connectivity index (χ2n) is 7.07. The van der Waals surface area contributed by atoms with Crippen LogP contribution in [0.25, 0.3) is 11.4 Å². The first kappa shape index (κ1) is 21.8. The molecular weight excluding hydrogens is 396 g/mol. The molecule has 0 spiro atoms. The van der Waals surface area contributed by atoms with Crippen molar-refractivity contribution in [3.63, 3.8) is 0 Å². The van der Waals surface area contributed by atoms with Gasteiger partial charge in [0.1, 0.15) is 0 Å². The molecule has 1 amide bonds. The van der Waals surface area contributed by atoms with Crippen LogP contribution in [0.1, 0.15) is 25.0 Å². The highest BCUT2D eigenvalue weighted by Gasteiger charge is 2.19. The maximum Gasteiger partial charge on any atom is 0.231 e. The number of hydrogen-bond acceptors (Lipinski definition) is 5. The minimum atomic E-state index is -0.535. The molecule has 3 rings (SSSR count). The van der Waals surface area contributed by atoms with E-state index in [1.165, 1.54) is 18.7 Å². The lowest BCUT2D eigenvalue weighted by Gasteiger charge is -2.16. The average Bonchev–Trinajstić information content (AvgIpc) is 3.15. The van der Waals surface area contributed by atoms with Crippen molar-refractivity contribution in [2.75, 3.05) is 5.75 Å². The summed E-state index contributed by atoms with van der Waals surface area (Å²) >= 11 is 1.33. The molecule has 7 heteroatoms. The van der Waals surface area contributed by atoms with Gasteiger partial charge in [-0.25, -0.2) is 0 Å². The third kappa shape index (κ3) is 5.36. The van der Waals surface area contributed by atoms with Crippen molar-refractivity contribution in [2.24, 2.45) is 0 Å². The Kier molecular flexibility index (Phi) is 7.41. The molecule has 30 heavy (non-hydrogen) atoms. The SMILES string of the molecule is CCn1c(SCC(=O)N[C@H](Cc2ccccc2)C(C)=O)nnc1-c1ccccc1C. The number of benzene rings is 2. The van der Waals surface area contributed by atoms with Crippen LogP contribution in [0.3, 0.4) is 0 Å². The fourth-order valence-electron chi connectivity index (χ4n) is 3.22. The van der Waals surface area contributed by atoms with Crippen molar-refractivity contribution in [1.29, 1.82) is 0 Å². The molecule has 0 saturated carbocycles. The number of hydrogen-bond donors (Lipinski definition) is 1. The minimum absolute atomic E-state index is 0.0595. The highest BCUT2D eigenvalue weighted by Crippen LogP contribution is 2.26. The number of aromatic nitrogens is 3. The van der Waals surface area contributed by atoms with Crippen LogP contribution in [0.2, 0.25) is 0 Å². The van der Waals surface area contributed by atoms with E-state index in [2.05, 4.69) is 15.5 Å². The zero-order chi connectivity index (χ0) is 21.5. The fraction of sp³-hybridized carbons (Fsp3) is 0.304. The zero-order valence-corrected chi connectivity index (χ0v) is 18.3. The van der Waals surface area contributed by atoms with Gasteiger partial charge in [-0.3, -0.25) is 9.59 Å². The first-order valence-electron chi connectivity index (χ1n) is 9.95. The molecule has 0 aliphatic rings. The van der Waals surface area contributed by atoms with Gasteiger partial charge >= 0.3 is 0 Å². The van der Waals surface area contributed by atoms with Crippen LogP contribution in [0.4, 0.5) is 0 Å². The van der Waals surface area contributed by atoms with Crippen molar-refractivity contribution >= 4 is 23.5 Å². The van der Waals surface area contributed by atoms with Crippen LogP contribution in [-0.2, 0) is 22.6 Å². The number of carbonyl (C=O) groups excluding carboxylic acids is 2. The van der Waals surface area contributed by atoms with Gasteiger partial charge in [-0.15, -0.1) is 10.2 Å². The lowest BCUT2D eigenvalue weighted by molar-refractivity contribution is -0.125. The first-order chi connectivity index (χ1) is 14.5. The van der Waals surface area contributed by atoms with E-state index < -0.39 is 6.04 Å². The number of aryl methyl sites for hydroxylation is 1. The summed E-state index contributed by atoms with van der Waals surface area (Å²) in [4.78, 5) is 24.5. The number of nitrogens with one attached hydrogen (secondary N) is 1. The molecular formula is C23H26N4O2S. The predicted molar refractivity (Wildman–Crippen MR) is 119 cm³/mol. The quantitative estimate of drug-likeness (QED) is 0.532. The summed E-state index contributed by atoms with van der Waals surface area (Å²) in [5, 5.41) is 12.2. The Bertz CT molecular complexity index is 1020. The number of amides is 1. The van der Waals surface area contributed by atoms with E-state index >= 15 is 0 Å². The van der Waals surface area contributed by atoms with Crippen molar-refractivity contribution in [3.05, 3.63) is 65.7 Å². The number of thioether (sulfide) groups is 1. The third-order valence-electron chi connectivity index (χ3n) is 4.86. The van der Waals surface area contributed by atoms with E-state index in [1.807, 2.05) is 73.0 Å². The van der Waals surface area contributed by atoms with Crippen LogP contribution in [0.15, 0.2) is 59.8 Å².